The maximum Gasteiger partial charge on any atom is 0.324 e. The Balaban J connectivity index is 2.01. The first-order valence-corrected chi connectivity index (χ1v) is 9.24. The van der Waals surface area contributed by atoms with Crippen molar-refractivity contribution < 1.29 is 9.53 Å². The number of hydrogen-bond acceptors (Lipinski definition) is 3. The van der Waals surface area contributed by atoms with Crippen LogP contribution >= 0.6 is 0 Å². The van der Waals surface area contributed by atoms with Crippen LogP contribution in [0.3, 0.4) is 0 Å². The number of carbonyl (C=O) groups is 1. The van der Waals surface area contributed by atoms with E-state index in [4.69, 9.17) is 4.74 Å². The molecule has 0 N–H and O–H groups in total. The van der Waals surface area contributed by atoms with Crippen molar-refractivity contribution in [3.05, 3.63) is 108 Å². The largest absolute Gasteiger partial charge is 0.468 e. The number of carbonyl (C=O) groups excluding carboxylic acids is 1. The number of esters is 1. The van der Waals surface area contributed by atoms with Crippen LogP contribution < -0.4 is 0 Å². The molecular weight excluding hydrogens is 334 g/mol. The van der Waals surface area contributed by atoms with Gasteiger partial charge in [0.05, 0.1) is 12.6 Å². The van der Waals surface area contributed by atoms with Gasteiger partial charge in [-0.3, -0.25) is 9.69 Å². The predicted molar refractivity (Wildman–Crippen MR) is 106 cm³/mol. The summed E-state index contributed by atoms with van der Waals surface area (Å²) in [6.07, 6.45) is 0. The van der Waals surface area contributed by atoms with Crippen LogP contribution in [0.25, 0.3) is 0 Å². The van der Waals surface area contributed by atoms with E-state index in [0.717, 1.165) is 16.7 Å². The SMILES string of the molecule is COC(=O)[C@@H]1C(C)N1C(c1ccccc1)(c1ccccc1)c1ccccc1. The number of rotatable bonds is 5. The number of benzene rings is 3. The highest BCUT2D eigenvalue weighted by Gasteiger charge is 2.62. The highest BCUT2D eigenvalue weighted by atomic mass is 16.5. The van der Waals surface area contributed by atoms with Gasteiger partial charge in [0.1, 0.15) is 6.04 Å². The van der Waals surface area contributed by atoms with Gasteiger partial charge in [-0.1, -0.05) is 91.0 Å². The molecule has 1 heterocycles. The first kappa shape index (κ1) is 17.5. The van der Waals surface area contributed by atoms with E-state index < -0.39 is 5.54 Å². The average molecular weight is 357 g/mol. The molecule has 136 valence electrons. The number of ether oxygens (including phenoxy) is 1. The Morgan fingerprint density at radius 1 is 0.778 bits per heavy atom. The average Bonchev–Trinajstić information content (AvgIpc) is 3.41. The van der Waals surface area contributed by atoms with Crippen LogP contribution in [-0.2, 0) is 15.1 Å². The fraction of sp³-hybridized carbons (Fsp3) is 0.208. The monoisotopic (exact) mass is 357 g/mol. The minimum Gasteiger partial charge on any atom is -0.468 e. The molecule has 27 heavy (non-hydrogen) atoms. The second kappa shape index (κ2) is 7.01. The lowest BCUT2D eigenvalue weighted by atomic mass is 9.76. The molecule has 0 bridgehead atoms. The maximum atomic E-state index is 12.5. The third-order valence-electron chi connectivity index (χ3n) is 5.51. The molecule has 1 saturated heterocycles. The molecule has 3 nitrogen and oxygen atoms in total. The van der Waals surface area contributed by atoms with Gasteiger partial charge < -0.3 is 4.74 Å². The Hall–Kier alpha value is -2.91. The molecular formula is C24H23NO2. The smallest absolute Gasteiger partial charge is 0.324 e. The van der Waals surface area contributed by atoms with Gasteiger partial charge in [0.15, 0.2) is 0 Å². The number of hydrogen-bond donors (Lipinski definition) is 0. The summed E-state index contributed by atoms with van der Waals surface area (Å²) in [5.41, 5.74) is 2.86. The minimum absolute atomic E-state index is 0.0815. The van der Waals surface area contributed by atoms with Crippen LogP contribution in [0.15, 0.2) is 91.0 Å². The van der Waals surface area contributed by atoms with Gasteiger partial charge in [0.2, 0.25) is 0 Å². The van der Waals surface area contributed by atoms with Gasteiger partial charge in [-0.15, -0.1) is 0 Å². The van der Waals surface area contributed by atoms with Gasteiger partial charge in [-0.05, 0) is 23.6 Å². The van der Waals surface area contributed by atoms with Gasteiger partial charge in [-0.2, -0.15) is 0 Å². The van der Waals surface area contributed by atoms with Crippen molar-refractivity contribution in [2.45, 2.75) is 24.5 Å². The van der Waals surface area contributed by atoms with Crippen molar-refractivity contribution in [2.24, 2.45) is 0 Å². The van der Waals surface area contributed by atoms with E-state index >= 15 is 0 Å². The van der Waals surface area contributed by atoms with Gasteiger partial charge in [0.25, 0.3) is 0 Å². The molecule has 3 heteroatoms. The van der Waals surface area contributed by atoms with E-state index in [1.165, 1.54) is 7.11 Å². The van der Waals surface area contributed by atoms with E-state index in [1.54, 1.807) is 0 Å². The summed E-state index contributed by atoms with van der Waals surface area (Å²) in [6, 6.07) is 31.0. The molecule has 3 aromatic rings. The Kier molecular flexibility index (Phi) is 4.54. The Morgan fingerprint density at radius 2 is 1.15 bits per heavy atom. The van der Waals surface area contributed by atoms with Crippen molar-refractivity contribution in [1.82, 2.24) is 4.90 Å². The fourth-order valence-corrected chi connectivity index (χ4v) is 4.28. The van der Waals surface area contributed by atoms with Crippen molar-refractivity contribution in [3.63, 3.8) is 0 Å². The summed E-state index contributed by atoms with van der Waals surface area (Å²) < 4.78 is 5.10. The molecule has 1 aliphatic rings. The van der Waals surface area contributed by atoms with E-state index in [-0.39, 0.29) is 18.1 Å². The van der Waals surface area contributed by atoms with Crippen LogP contribution in [0.4, 0.5) is 0 Å². The van der Waals surface area contributed by atoms with Crippen LogP contribution in [0, 0.1) is 0 Å². The molecule has 3 aromatic carbocycles. The third-order valence-corrected chi connectivity index (χ3v) is 5.51. The molecule has 1 aliphatic heterocycles. The van der Waals surface area contributed by atoms with Crippen molar-refractivity contribution in [1.29, 1.82) is 0 Å². The molecule has 0 amide bonds. The molecule has 3 atom stereocenters. The summed E-state index contributed by atoms with van der Waals surface area (Å²) in [4.78, 5) is 14.7. The maximum absolute atomic E-state index is 12.5. The number of methoxy groups -OCH3 is 1. The Labute approximate surface area is 160 Å². The van der Waals surface area contributed by atoms with E-state index in [1.807, 2.05) is 18.2 Å². The summed E-state index contributed by atoms with van der Waals surface area (Å²) >= 11 is 0. The van der Waals surface area contributed by atoms with Crippen LogP contribution in [0.1, 0.15) is 23.6 Å². The van der Waals surface area contributed by atoms with Crippen LogP contribution in [0.5, 0.6) is 0 Å². The molecule has 4 rings (SSSR count). The lowest BCUT2D eigenvalue weighted by Crippen LogP contribution is -2.40. The van der Waals surface area contributed by atoms with Crippen LogP contribution in [0.2, 0.25) is 0 Å². The molecule has 0 aliphatic carbocycles. The molecule has 2 unspecified atom stereocenters. The molecule has 0 radical (unpaired) electrons. The topological polar surface area (TPSA) is 29.3 Å². The lowest BCUT2D eigenvalue weighted by molar-refractivity contribution is -0.141. The molecule has 0 spiro atoms. The molecule has 0 saturated carbocycles. The molecule has 1 fully saturated rings. The summed E-state index contributed by atoms with van der Waals surface area (Å²) in [7, 11) is 1.46. The Morgan fingerprint density at radius 3 is 1.48 bits per heavy atom. The lowest BCUT2D eigenvalue weighted by Gasteiger charge is -2.38. The normalized spacial score (nSPS) is 21.5. The van der Waals surface area contributed by atoms with Gasteiger partial charge in [0, 0.05) is 6.04 Å². The molecule has 0 aromatic heterocycles. The number of nitrogens with zero attached hydrogens (tertiary/aromatic N) is 1. The quantitative estimate of drug-likeness (QED) is 0.389. The summed E-state index contributed by atoms with van der Waals surface area (Å²) in [5.74, 6) is -0.185. The third kappa shape index (κ3) is 2.75. The second-order valence-electron chi connectivity index (χ2n) is 6.92. The van der Waals surface area contributed by atoms with Crippen molar-refractivity contribution >= 4 is 5.97 Å². The zero-order valence-corrected chi connectivity index (χ0v) is 15.6. The van der Waals surface area contributed by atoms with Crippen molar-refractivity contribution in [3.8, 4) is 0 Å². The van der Waals surface area contributed by atoms with Gasteiger partial charge in [-0.25, -0.2) is 0 Å². The minimum atomic E-state index is -0.554. The Bertz CT molecular complexity index is 812. The van der Waals surface area contributed by atoms with Crippen molar-refractivity contribution in [2.75, 3.05) is 7.11 Å². The van der Waals surface area contributed by atoms with E-state index in [9.17, 15) is 4.79 Å². The van der Waals surface area contributed by atoms with Gasteiger partial charge >= 0.3 is 5.97 Å². The van der Waals surface area contributed by atoms with E-state index in [2.05, 4.69) is 84.6 Å². The highest BCUT2D eigenvalue weighted by Crippen LogP contribution is 2.51. The standard InChI is InChI=1S/C24H23NO2/c1-18-22(23(26)27-2)25(18)24(19-12-6-3-7-13-19,20-14-8-4-9-15-20)21-16-10-5-11-17-21/h3-18,22H,1-2H3/t18?,22-,25?/m0/s1. The van der Waals surface area contributed by atoms with Crippen LogP contribution in [-0.4, -0.2) is 30.1 Å². The first-order chi connectivity index (χ1) is 13.2. The predicted octanol–water partition coefficient (Wildman–Crippen LogP) is 4.22. The first-order valence-electron chi connectivity index (χ1n) is 9.24. The van der Waals surface area contributed by atoms with E-state index in [0.29, 0.717) is 0 Å². The highest BCUT2D eigenvalue weighted by molar-refractivity contribution is 5.81. The fourth-order valence-electron chi connectivity index (χ4n) is 4.28. The second-order valence-corrected chi connectivity index (χ2v) is 6.92. The zero-order valence-electron chi connectivity index (χ0n) is 15.6. The summed E-state index contributed by atoms with van der Waals surface area (Å²) in [6.45, 7) is 2.09. The summed E-state index contributed by atoms with van der Waals surface area (Å²) in [5, 5.41) is 0. The zero-order chi connectivity index (χ0) is 18.9.